The van der Waals surface area contributed by atoms with Crippen LogP contribution in [0.4, 0.5) is 11.6 Å². The van der Waals surface area contributed by atoms with Gasteiger partial charge in [0.1, 0.15) is 17.5 Å². The first-order valence-electron chi connectivity index (χ1n) is 7.18. The molecule has 2 unspecified atom stereocenters. The minimum atomic E-state index is 0.348. The first-order valence-corrected chi connectivity index (χ1v) is 7.18. The van der Waals surface area contributed by atoms with Gasteiger partial charge in [0, 0.05) is 38.1 Å². The van der Waals surface area contributed by atoms with Crippen molar-refractivity contribution in [3.8, 4) is 0 Å². The Labute approximate surface area is 114 Å². The van der Waals surface area contributed by atoms with E-state index in [1.165, 1.54) is 12.8 Å². The molecule has 1 aromatic rings. The van der Waals surface area contributed by atoms with E-state index in [2.05, 4.69) is 27.5 Å². The molecular weight excluding hydrogens is 240 g/mol. The van der Waals surface area contributed by atoms with Gasteiger partial charge in [-0.25, -0.2) is 9.97 Å². The zero-order valence-corrected chi connectivity index (χ0v) is 11.6. The van der Waals surface area contributed by atoms with Gasteiger partial charge < -0.3 is 15.4 Å². The molecule has 2 fully saturated rings. The second-order valence-electron chi connectivity index (χ2n) is 5.53. The van der Waals surface area contributed by atoms with Gasteiger partial charge in [-0.3, -0.25) is 0 Å². The van der Waals surface area contributed by atoms with Crippen LogP contribution in [0.2, 0.25) is 0 Å². The standard InChI is InChI=1S/C14H22N4O/c1-9-11(5-6-19-9)8-16-13-7-12(15-2)17-14(18-13)10-3-4-10/h7,9-11H,3-6,8H2,1-2H3,(H2,15,16,17,18). The fraction of sp³-hybridized carbons (Fsp3) is 0.714. The molecule has 2 aliphatic rings. The van der Waals surface area contributed by atoms with Crippen LogP contribution in [-0.4, -0.2) is 36.3 Å². The monoisotopic (exact) mass is 262 g/mol. The molecule has 1 aliphatic carbocycles. The Kier molecular flexibility index (Phi) is 3.55. The Morgan fingerprint density at radius 2 is 2.05 bits per heavy atom. The zero-order chi connectivity index (χ0) is 13.2. The van der Waals surface area contributed by atoms with Crippen LogP contribution in [0.3, 0.4) is 0 Å². The van der Waals surface area contributed by atoms with E-state index in [0.29, 0.717) is 17.9 Å². The Hall–Kier alpha value is -1.36. The maximum atomic E-state index is 5.59. The molecule has 0 radical (unpaired) electrons. The third-order valence-electron chi connectivity index (χ3n) is 4.02. The molecule has 5 nitrogen and oxygen atoms in total. The fourth-order valence-electron chi connectivity index (χ4n) is 2.49. The summed E-state index contributed by atoms with van der Waals surface area (Å²) < 4.78 is 5.59. The van der Waals surface area contributed by atoms with Gasteiger partial charge in [0.05, 0.1) is 6.10 Å². The third kappa shape index (κ3) is 2.97. The van der Waals surface area contributed by atoms with Crippen molar-refractivity contribution in [3.63, 3.8) is 0 Å². The van der Waals surface area contributed by atoms with Crippen LogP contribution in [0.25, 0.3) is 0 Å². The minimum absolute atomic E-state index is 0.348. The summed E-state index contributed by atoms with van der Waals surface area (Å²) >= 11 is 0. The molecule has 1 aliphatic heterocycles. The molecule has 104 valence electrons. The zero-order valence-electron chi connectivity index (χ0n) is 11.6. The highest BCUT2D eigenvalue weighted by Crippen LogP contribution is 2.38. The van der Waals surface area contributed by atoms with Gasteiger partial charge >= 0.3 is 0 Å². The van der Waals surface area contributed by atoms with Crippen LogP contribution in [0.5, 0.6) is 0 Å². The molecule has 0 spiro atoms. The van der Waals surface area contributed by atoms with E-state index in [1.807, 2.05) is 13.1 Å². The summed E-state index contributed by atoms with van der Waals surface area (Å²) in [6.45, 7) is 3.95. The summed E-state index contributed by atoms with van der Waals surface area (Å²) in [5, 5.41) is 6.55. The second kappa shape index (κ2) is 5.33. The lowest BCUT2D eigenvalue weighted by Crippen LogP contribution is -2.21. The molecule has 0 amide bonds. The van der Waals surface area contributed by atoms with E-state index in [1.54, 1.807) is 0 Å². The molecule has 3 rings (SSSR count). The molecule has 19 heavy (non-hydrogen) atoms. The molecular formula is C14H22N4O. The van der Waals surface area contributed by atoms with Crippen molar-refractivity contribution >= 4 is 11.6 Å². The topological polar surface area (TPSA) is 59.1 Å². The van der Waals surface area contributed by atoms with Crippen LogP contribution in [0.15, 0.2) is 6.07 Å². The normalized spacial score (nSPS) is 26.4. The van der Waals surface area contributed by atoms with Gasteiger partial charge in [-0.15, -0.1) is 0 Å². The lowest BCUT2D eigenvalue weighted by Gasteiger charge is -2.16. The van der Waals surface area contributed by atoms with Gasteiger partial charge in [0.15, 0.2) is 0 Å². The van der Waals surface area contributed by atoms with Crippen LogP contribution >= 0.6 is 0 Å². The second-order valence-corrected chi connectivity index (χ2v) is 5.53. The maximum Gasteiger partial charge on any atom is 0.136 e. The van der Waals surface area contributed by atoms with Crippen molar-refractivity contribution < 1.29 is 4.74 Å². The predicted octanol–water partition coefficient (Wildman–Crippen LogP) is 2.23. The van der Waals surface area contributed by atoms with Gasteiger partial charge in [-0.1, -0.05) is 0 Å². The van der Waals surface area contributed by atoms with Crippen LogP contribution < -0.4 is 10.6 Å². The lowest BCUT2D eigenvalue weighted by atomic mass is 10.0. The fourth-order valence-corrected chi connectivity index (χ4v) is 2.49. The molecule has 1 aromatic heterocycles. The highest BCUT2D eigenvalue weighted by Gasteiger charge is 2.28. The number of nitrogens with one attached hydrogen (secondary N) is 2. The summed E-state index contributed by atoms with van der Waals surface area (Å²) in [6, 6.07) is 1.98. The molecule has 1 saturated carbocycles. The number of ether oxygens (including phenoxy) is 1. The highest BCUT2D eigenvalue weighted by atomic mass is 16.5. The average molecular weight is 262 g/mol. The Morgan fingerprint density at radius 1 is 1.26 bits per heavy atom. The SMILES string of the molecule is CNc1cc(NCC2CCOC2C)nc(C2CC2)n1. The molecule has 0 bridgehead atoms. The summed E-state index contributed by atoms with van der Waals surface area (Å²) in [7, 11) is 1.90. The average Bonchev–Trinajstić information content (AvgIpc) is 3.20. The van der Waals surface area contributed by atoms with Crippen molar-refractivity contribution in [2.24, 2.45) is 5.92 Å². The van der Waals surface area contributed by atoms with Crippen molar-refractivity contribution in [2.45, 2.75) is 38.2 Å². The van der Waals surface area contributed by atoms with Crippen LogP contribution in [0.1, 0.15) is 37.9 Å². The minimum Gasteiger partial charge on any atom is -0.378 e. The third-order valence-corrected chi connectivity index (χ3v) is 4.02. The van der Waals surface area contributed by atoms with Crippen LogP contribution in [-0.2, 0) is 4.74 Å². The molecule has 0 aromatic carbocycles. The maximum absolute atomic E-state index is 5.59. The van der Waals surface area contributed by atoms with E-state index in [4.69, 9.17) is 4.74 Å². The summed E-state index contributed by atoms with van der Waals surface area (Å²) in [5.41, 5.74) is 0. The lowest BCUT2D eigenvalue weighted by molar-refractivity contribution is 0.108. The van der Waals surface area contributed by atoms with E-state index in [9.17, 15) is 0 Å². The number of rotatable bonds is 5. The molecule has 1 saturated heterocycles. The molecule has 2 atom stereocenters. The van der Waals surface area contributed by atoms with E-state index in [-0.39, 0.29) is 0 Å². The van der Waals surface area contributed by atoms with E-state index < -0.39 is 0 Å². The highest BCUT2D eigenvalue weighted by molar-refractivity contribution is 5.47. The van der Waals surface area contributed by atoms with Crippen molar-refractivity contribution in [3.05, 3.63) is 11.9 Å². The van der Waals surface area contributed by atoms with E-state index in [0.717, 1.165) is 37.0 Å². The Morgan fingerprint density at radius 3 is 2.68 bits per heavy atom. The van der Waals surface area contributed by atoms with Crippen molar-refractivity contribution in [2.75, 3.05) is 30.8 Å². The Bertz CT molecular complexity index is 447. The summed E-state index contributed by atoms with van der Waals surface area (Å²) in [5.74, 6) is 3.96. The van der Waals surface area contributed by atoms with Crippen molar-refractivity contribution in [1.29, 1.82) is 0 Å². The number of nitrogens with zero attached hydrogens (tertiary/aromatic N) is 2. The molecule has 5 heteroatoms. The Balaban J connectivity index is 1.67. The molecule has 2 heterocycles. The van der Waals surface area contributed by atoms with Gasteiger partial charge in [-0.2, -0.15) is 0 Å². The number of hydrogen-bond donors (Lipinski definition) is 2. The quantitative estimate of drug-likeness (QED) is 0.852. The van der Waals surface area contributed by atoms with Gasteiger partial charge in [0.25, 0.3) is 0 Å². The summed E-state index contributed by atoms with van der Waals surface area (Å²) in [6.07, 6.45) is 3.93. The first-order chi connectivity index (χ1) is 9.26. The number of anilines is 2. The van der Waals surface area contributed by atoms with Gasteiger partial charge in [0.2, 0.25) is 0 Å². The molecule has 2 N–H and O–H groups in total. The number of hydrogen-bond acceptors (Lipinski definition) is 5. The number of aromatic nitrogens is 2. The smallest absolute Gasteiger partial charge is 0.136 e. The largest absolute Gasteiger partial charge is 0.378 e. The van der Waals surface area contributed by atoms with Crippen molar-refractivity contribution in [1.82, 2.24) is 9.97 Å². The predicted molar refractivity (Wildman–Crippen MR) is 75.6 cm³/mol. The van der Waals surface area contributed by atoms with E-state index >= 15 is 0 Å². The summed E-state index contributed by atoms with van der Waals surface area (Å²) in [4.78, 5) is 9.15. The van der Waals surface area contributed by atoms with Gasteiger partial charge in [-0.05, 0) is 26.2 Å². The first kappa shape index (κ1) is 12.7. The van der Waals surface area contributed by atoms with Crippen LogP contribution in [0, 0.1) is 5.92 Å².